The van der Waals surface area contributed by atoms with Crippen molar-refractivity contribution in [1.29, 1.82) is 0 Å². The van der Waals surface area contributed by atoms with Gasteiger partial charge in [-0.3, -0.25) is 9.48 Å². The van der Waals surface area contributed by atoms with Gasteiger partial charge < -0.3 is 14.4 Å². The molecule has 0 aliphatic rings. The van der Waals surface area contributed by atoms with Crippen molar-refractivity contribution in [3.8, 4) is 16.9 Å². The third-order valence-electron chi connectivity index (χ3n) is 5.44. The van der Waals surface area contributed by atoms with Gasteiger partial charge in [-0.25, -0.2) is 4.79 Å². The van der Waals surface area contributed by atoms with E-state index < -0.39 is 5.97 Å². The van der Waals surface area contributed by atoms with Gasteiger partial charge in [-0.15, -0.1) is 0 Å². The number of carbonyl (C=O) groups is 2. The average molecular weight is 470 g/mol. The van der Waals surface area contributed by atoms with Crippen LogP contribution in [0.3, 0.4) is 0 Å². The zero-order chi connectivity index (χ0) is 24.8. The van der Waals surface area contributed by atoms with Crippen molar-refractivity contribution in [2.45, 2.75) is 13.2 Å². The first-order valence-electron chi connectivity index (χ1n) is 11.2. The molecule has 1 aromatic heterocycles. The standard InChI is InChI=1S/C28H27N3O4/c1-30(2)27(32)24-15-26(34-18-20-10-6-4-7-11-20)25(14-23(24)22-16-29-31(3)17-22)28(33)35-19-21-12-8-5-9-13-21/h4-17H,18-19H2,1-3H3. The second kappa shape index (κ2) is 10.7. The number of amides is 1. The maximum absolute atomic E-state index is 13.2. The number of aromatic nitrogens is 2. The van der Waals surface area contributed by atoms with E-state index in [2.05, 4.69) is 5.10 Å². The van der Waals surface area contributed by atoms with E-state index in [1.807, 2.05) is 60.7 Å². The Morgan fingerprint density at radius 3 is 2.09 bits per heavy atom. The lowest BCUT2D eigenvalue weighted by Gasteiger charge is -2.18. The second-order valence-corrected chi connectivity index (χ2v) is 8.33. The first-order chi connectivity index (χ1) is 16.9. The highest BCUT2D eigenvalue weighted by molar-refractivity contribution is 6.04. The highest BCUT2D eigenvalue weighted by atomic mass is 16.5. The summed E-state index contributed by atoms with van der Waals surface area (Å²) in [4.78, 5) is 27.8. The molecular weight excluding hydrogens is 442 g/mol. The minimum atomic E-state index is -0.536. The predicted molar refractivity (Wildman–Crippen MR) is 133 cm³/mol. The number of nitrogens with zero attached hydrogens (tertiary/aromatic N) is 3. The summed E-state index contributed by atoms with van der Waals surface area (Å²) in [5.74, 6) is -0.465. The van der Waals surface area contributed by atoms with Crippen LogP contribution in [0.5, 0.6) is 5.75 Å². The van der Waals surface area contributed by atoms with Crippen LogP contribution < -0.4 is 4.74 Å². The van der Waals surface area contributed by atoms with Gasteiger partial charge in [-0.1, -0.05) is 60.7 Å². The molecule has 7 nitrogen and oxygen atoms in total. The first kappa shape index (κ1) is 23.8. The Balaban J connectivity index is 1.75. The molecule has 0 fully saturated rings. The topological polar surface area (TPSA) is 73.7 Å². The fourth-order valence-electron chi connectivity index (χ4n) is 3.61. The molecule has 4 rings (SSSR count). The fourth-order valence-corrected chi connectivity index (χ4v) is 3.61. The van der Waals surface area contributed by atoms with Gasteiger partial charge in [0.1, 0.15) is 24.5 Å². The molecule has 0 bridgehead atoms. The van der Waals surface area contributed by atoms with Crippen molar-refractivity contribution < 1.29 is 19.1 Å². The van der Waals surface area contributed by atoms with E-state index in [0.29, 0.717) is 16.7 Å². The summed E-state index contributed by atoms with van der Waals surface area (Å²) < 4.78 is 13.3. The minimum absolute atomic E-state index is 0.123. The maximum atomic E-state index is 13.2. The molecule has 0 aliphatic heterocycles. The molecule has 1 amide bonds. The minimum Gasteiger partial charge on any atom is -0.488 e. The Labute approximate surface area is 204 Å². The Hall–Kier alpha value is -4.39. The molecule has 0 N–H and O–H groups in total. The molecule has 0 unspecified atom stereocenters. The summed E-state index contributed by atoms with van der Waals surface area (Å²) in [5.41, 5.74) is 3.75. The second-order valence-electron chi connectivity index (χ2n) is 8.33. The van der Waals surface area contributed by atoms with Crippen LogP contribution >= 0.6 is 0 Å². The number of aryl methyl sites for hydroxylation is 1. The molecule has 0 atom stereocenters. The molecule has 0 saturated heterocycles. The molecule has 0 radical (unpaired) electrons. The molecule has 0 spiro atoms. The van der Waals surface area contributed by atoms with Gasteiger partial charge in [0, 0.05) is 32.9 Å². The average Bonchev–Trinajstić information content (AvgIpc) is 3.32. The predicted octanol–water partition coefficient (Wildman–Crippen LogP) is 4.72. The maximum Gasteiger partial charge on any atom is 0.342 e. The number of hydrogen-bond acceptors (Lipinski definition) is 5. The fraction of sp³-hybridized carbons (Fsp3) is 0.179. The molecular formula is C28H27N3O4. The Bertz CT molecular complexity index is 1310. The normalized spacial score (nSPS) is 10.6. The van der Waals surface area contributed by atoms with Crippen LogP contribution in [0.1, 0.15) is 31.8 Å². The van der Waals surface area contributed by atoms with E-state index in [1.165, 1.54) is 4.90 Å². The van der Waals surface area contributed by atoms with Crippen molar-refractivity contribution in [1.82, 2.24) is 14.7 Å². The van der Waals surface area contributed by atoms with Crippen LogP contribution in [0.25, 0.3) is 11.1 Å². The Morgan fingerprint density at radius 1 is 0.886 bits per heavy atom. The highest BCUT2D eigenvalue weighted by Gasteiger charge is 2.24. The van der Waals surface area contributed by atoms with Crippen molar-refractivity contribution in [3.05, 3.63) is 107 Å². The van der Waals surface area contributed by atoms with Gasteiger partial charge in [0.2, 0.25) is 0 Å². The van der Waals surface area contributed by atoms with Gasteiger partial charge >= 0.3 is 5.97 Å². The Kier molecular flexibility index (Phi) is 7.26. The van der Waals surface area contributed by atoms with E-state index in [0.717, 1.165) is 11.1 Å². The van der Waals surface area contributed by atoms with E-state index >= 15 is 0 Å². The monoisotopic (exact) mass is 469 g/mol. The van der Waals surface area contributed by atoms with Gasteiger partial charge in [-0.2, -0.15) is 5.10 Å². The highest BCUT2D eigenvalue weighted by Crippen LogP contribution is 2.33. The van der Waals surface area contributed by atoms with Gasteiger partial charge in [0.25, 0.3) is 5.91 Å². The van der Waals surface area contributed by atoms with Crippen molar-refractivity contribution in [2.75, 3.05) is 14.1 Å². The van der Waals surface area contributed by atoms with Crippen LogP contribution in [-0.4, -0.2) is 40.7 Å². The molecule has 1 heterocycles. The van der Waals surface area contributed by atoms with Gasteiger partial charge in [-0.05, 0) is 28.8 Å². The summed E-state index contributed by atoms with van der Waals surface area (Å²) in [5, 5.41) is 4.23. The van der Waals surface area contributed by atoms with Gasteiger partial charge in [0.05, 0.1) is 11.8 Å². The molecule has 178 valence electrons. The van der Waals surface area contributed by atoms with Crippen molar-refractivity contribution in [3.63, 3.8) is 0 Å². The van der Waals surface area contributed by atoms with E-state index in [9.17, 15) is 9.59 Å². The molecule has 4 aromatic rings. The molecule has 0 aliphatic carbocycles. The first-order valence-corrected chi connectivity index (χ1v) is 11.2. The van der Waals surface area contributed by atoms with Crippen LogP contribution in [0, 0.1) is 0 Å². The zero-order valence-electron chi connectivity index (χ0n) is 20.0. The molecule has 0 saturated carbocycles. The van der Waals surface area contributed by atoms with Crippen LogP contribution in [0.15, 0.2) is 85.2 Å². The molecule has 35 heavy (non-hydrogen) atoms. The summed E-state index contributed by atoms with van der Waals surface area (Å²) in [6.45, 7) is 0.361. The van der Waals surface area contributed by atoms with Crippen molar-refractivity contribution in [2.24, 2.45) is 7.05 Å². The number of carbonyl (C=O) groups excluding carboxylic acids is 2. The number of hydrogen-bond donors (Lipinski definition) is 0. The summed E-state index contributed by atoms with van der Waals surface area (Å²) >= 11 is 0. The van der Waals surface area contributed by atoms with Gasteiger partial charge in [0.15, 0.2) is 0 Å². The lowest BCUT2D eigenvalue weighted by molar-refractivity contribution is 0.0467. The zero-order valence-corrected chi connectivity index (χ0v) is 20.0. The molecule has 3 aromatic carbocycles. The number of ether oxygens (including phenoxy) is 2. The van der Waals surface area contributed by atoms with Crippen LogP contribution in [0.2, 0.25) is 0 Å². The van der Waals surface area contributed by atoms with Crippen molar-refractivity contribution >= 4 is 11.9 Å². The lowest BCUT2D eigenvalue weighted by atomic mass is 9.97. The summed E-state index contributed by atoms with van der Waals surface area (Å²) in [7, 11) is 5.16. The van der Waals surface area contributed by atoms with Crippen LogP contribution in [-0.2, 0) is 25.0 Å². The van der Waals surface area contributed by atoms with E-state index in [4.69, 9.17) is 9.47 Å². The summed E-state index contributed by atoms with van der Waals surface area (Å²) in [6, 6.07) is 22.4. The van der Waals surface area contributed by atoms with E-state index in [1.54, 1.807) is 50.4 Å². The quantitative estimate of drug-likeness (QED) is 0.349. The third kappa shape index (κ3) is 5.76. The third-order valence-corrected chi connectivity index (χ3v) is 5.44. The lowest BCUT2D eigenvalue weighted by Crippen LogP contribution is -2.23. The number of rotatable bonds is 8. The smallest absolute Gasteiger partial charge is 0.342 e. The number of benzene rings is 3. The SMILES string of the molecule is CN(C)C(=O)c1cc(OCc2ccccc2)c(C(=O)OCc2ccccc2)cc1-c1cnn(C)c1. The van der Waals surface area contributed by atoms with E-state index in [-0.39, 0.29) is 30.4 Å². The van der Waals surface area contributed by atoms with Crippen LogP contribution in [0.4, 0.5) is 0 Å². The Morgan fingerprint density at radius 2 is 1.51 bits per heavy atom. The molecule has 7 heteroatoms. The largest absolute Gasteiger partial charge is 0.488 e. The summed E-state index contributed by atoms with van der Waals surface area (Å²) in [6.07, 6.45) is 3.46. The number of esters is 1.